The third-order valence-corrected chi connectivity index (χ3v) is 4.56. The van der Waals surface area contributed by atoms with Crippen molar-refractivity contribution >= 4 is 0 Å². The molecule has 1 rings (SSSR count). The first kappa shape index (κ1) is 21.0. The Morgan fingerprint density at radius 3 is 2.04 bits per heavy atom. The molecule has 0 saturated carbocycles. The lowest BCUT2D eigenvalue weighted by molar-refractivity contribution is 0.213. The Kier molecular flexibility index (Phi) is 8.29. The summed E-state index contributed by atoms with van der Waals surface area (Å²) in [7, 11) is 0. The smallest absolute Gasteiger partial charge is 0.119 e. The summed E-state index contributed by atoms with van der Waals surface area (Å²) in [6.07, 6.45) is 3.69. The van der Waals surface area contributed by atoms with E-state index in [4.69, 9.17) is 4.74 Å². The van der Waals surface area contributed by atoms with Crippen LogP contribution in [0, 0.1) is 5.41 Å². The van der Waals surface area contributed by atoms with Gasteiger partial charge in [0.05, 0.1) is 0 Å². The molecule has 1 aromatic carbocycles. The molecule has 1 aromatic rings. The molecule has 0 unspecified atom stereocenters. The topological polar surface area (TPSA) is 12.5 Å². The monoisotopic (exact) mass is 333 g/mol. The number of hydrogen-bond acceptors (Lipinski definition) is 2. The molecule has 0 aliphatic heterocycles. The van der Waals surface area contributed by atoms with Gasteiger partial charge in [-0.3, -0.25) is 0 Å². The van der Waals surface area contributed by atoms with E-state index in [1.165, 1.54) is 31.4 Å². The quantitative estimate of drug-likeness (QED) is 0.528. The van der Waals surface area contributed by atoms with Crippen LogP contribution in [0.15, 0.2) is 24.3 Å². The predicted octanol–water partition coefficient (Wildman–Crippen LogP) is 5.90. The van der Waals surface area contributed by atoms with Crippen molar-refractivity contribution in [3.05, 3.63) is 29.8 Å². The predicted molar refractivity (Wildman–Crippen MR) is 106 cm³/mol. The fourth-order valence-corrected chi connectivity index (χ4v) is 3.53. The second kappa shape index (κ2) is 9.46. The lowest BCUT2D eigenvalue weighted by atomic mass is 9.72. The lowest BCUT2D eigenvalue weighted by Crippen LogP contribution is -2.29. The van der Waals surface area contributed by atoms with Crippen LogP contribution >= 0.6 is 0 Å². The maximum absolute atomic E-state index is 5.95. The molecule has 0 bridgehead atoms. The van der Waals surface area contributed by atoms with Crippen LogP contribution in [-0.2, 0) is 5.41 Å². The molecule has 2 nitrogen and oxygen atoms in total. The molecule has 0 saturated heterocycles. The first-order valence-electron chi connectivity index (χ1n) is 9.63. The maximum atomic E-state index is 5.95. The standard InChI is InChI=1S/C22H39NO/c1-8-10-15-23(9-2)16-17-24-20-13-11-19(12-14-20)22(6,7)18-21(3,4)5/h11-14H,8-10,15-18H2,1-7H3. The fourth-order valence-electron chi connectivity index (χ4n) is 3.53. The second-order valence-electron chi connectivity index (χ2n) is 8.78. The first-order chi connectivity index (χ1) is 11.2. The summed E-state index contributed by atoms with van der Waals surface area (Å²) in [5.74, 6) is 0.983. The number of benzene rings is 1. The summed E-state index contributed by atoms with van der Waals surface area (Å²) in [5, 5.41) is 0. The Hall–Kier alpha value is -1.02. The van der Waals surface area contributed by atoms with E-state index in [0.717, 1.165) is 25.4 Å². The SMILES string of the molecule is CCCCN(CC)CCOc1ccc(C(C)(C)CC(C)(C)C)cc1. The van der Waals surface area contributed by atoms with Gasteiger partial charge in [-0.2, -0.15) is 0 Å². The van der Waals surface area contributed by atoms with Gasteiger partial charge in [-0.25, -0.2) is 0 Å². The highest BCUT2D eigenvalue weighted by Gasteiger charge is 2.27. The Morgan fingerprint density at radius 1 is 0.917 bits per heavy atom. The highest BCUT2D eigenvalue weighted by Crippen LogP contribution is 2.36. The zero-order valence-electron chi connectivity index (χ0n) is 17.1. The van der Waals surface area contributed by atoms with Crippen molar-refractivity contribution in [3.8, 4) is 5.75 Å². The van der Waals surface area contributed by atoms with Crippen LogP contribution < -0.4 is 4.74 Å². The van der Waals surface area contributed by atoms with Crippen LogP contribution in [0.4, 0.5) is 0 Å². The van der Waals surface area contributed by atoms with Gasteiger partial charge in [-0.1, -0.05) is 67.0 Å². The van der Waals surface area contributed by atoms with E-state index in [1.807, 2.05) is 0 Å². The van der Waals surface area contributed by atoms with Gasteiger partial charge < -0.3 is 9.64 Å². The van der Waals surface area contributed by atoms with Crippen molar-refractivity contribution in [2.45, 2.75) is 73.1 Å². The number of unbranched alkanes of at least 4 members (excludes halogenated alkanes) is 1. The van der Waals surface area contributed by atoms with E-state index in [2.05, 4.69) is 77.6 Å². The molecule has 0 spiro atoms. The molecule has 0 fully saturated rings. The Bertz CT molecular complexity index is 456. The lowest BCUT2D eigenvalue weighted by Gasteiger charge is -2.33. The van der Waals surface area contributed by atoms with E-state index in [9.17, 15) is 0 Å². The average Bonchev–Trinajstić information content (AvgIpc) is 2.49. The van der Waals surface area contributed by atoms with Crippen LogP contribution in [0.3, 0.4) is 0 Å². The highest BCUT2D eigenvalue weighted by atomic mass is 16.5. The van der Waals surface area contributed by atoms with Gasteiger partial charge in [0.1, 0.15) is 12.4 Å². The Morgan fingerprint density at radius 2 is 1.54 bits per heavy atom. The molecule has 0 radical (unpaired) electrons. The summed E-state index contributed by atoms with van der Waals surface area (Å²) in [6, 6.07) is 8.72. The molecule has 0 amide bonds. The third kappa shape index (κ3) is 7.70. The molecular weight excluding hydrogens is 294 g/mol. The van der Waals surface area contributed by atoms with Crippen LogP contribution in [0.5, 0.6) is 5.75 Å². The minimum Gasteiger partial charge on any atom is -0.492 e. The van der Waals surface area contributed by atoms with Crippen molar-refractivity contribution in [2.75, 3.05) is 26.2 Å². The van der Waals surface area contributed by atoms with Crippen molar-refractivity contribution in [3.63, 3.8) is 0 Å². The summed E-state index contributed by atoms with van der Waals surface area (Å²) < 4.78 is 5.95. The van der Waals surface area contributed by atoms with Gasteiger partial charge >= 0.3 is 0 Å². The first-order valence-corrected chi connectivity index (χ1v) is 9.63. The van der Waals surface area contributed by atoms with Gasteiger partial charge in [-0.15, -0.1) is 0 Å². The molecule has 0 aromatic heterocycles. The largest absolute Gasteiger partial charge is 0.492 e. The molecule has 0 aliphatic rings. The van der Waals surface area contributed by atoms with Gasteiger partial charge in [0.2, 0.25) is 0 Å². The fraction of sp³-hybridized carbons (Fsp3) is 0.727. The van der Waals surface area contributed by atoms with Crippen LogP contribution in [0.25, 0.3) is 0 Å². The number of hydrogen-bond donors (Lipinski definition) is 0. The van der Waals surface area contributed by atoms with Gasteiger partial charge in [-0.05, 0) is 54.5 Å². The summed E-state index contributed by atoms with van der Waals surface area (Å²) in [5.41, 5.74) is 1.92. The zero-order chi connectivity index (χ0) is 18.2. The molecule has 0 heterocycles. The van der Waals surface area contributed by atoms with E-state index in [-0.39, 0.29) is 5.41 Å². The Labute approximate surface area is 150 Å². The number of ether oxygens (including phenoxy) is 1. The maximum Gasteiger partial charge on any atom is 0.119 e. The number of nitrogens with zero attached hydrogens (tertiary/aromatic N) is 1. The van der Waals surface area contributed by atoms with Crippen LogP contribution in [0.2, 0.25) is 0 Å². The average molecular weight is 334 g/mol. The summed E-state index contributed by atoms with van der Waals surface area (Å²) in [6.45, 7) is 20.1. The minimum atomic E-state index is 0.190. The molecule has 24 heavy (non-hydrogen) atoms. The summed E-state index contributed by atoms with van der Waals surface area (Å²) in [4.78, 5) is 2.46. The summed E-state index contributed by atoms with van der Waals surface area (Å²) >= 11 is 0. The van der Waals surface area contributed by atoms with Crippen LogP contribution in [-0.4, -0.2) is 31.1 Å². The van der Waals surface area contributed by atoms with Crippen molar-refractivity contribution in [1.29, 1.82) is 0 Å². The molecule has 0 aliphatic carbocycles. The normalized spacial score (nSPS) is 12.7. The number of likely N-dealkylation sites (N-methyl/N-ethyl adjacent to an activating group) is 1. The minimum absolute atomic E-state index is 0.190. The molecule has 138 valence electrons. The number of rotatable bonds is 10. The van der Waals surface area contributed by atoms with E-state index in [0.29, 0.717) is 5.41 Å². The van der Waals surface area contributed by atoms with Crippen molar-refractivity contribution in [2.24, 2.45) is 5.41 Å². The van der Waals surface area contributed by atoms with Crippen molar-refractivity contribution in [1.82, 2.24) is 4.90 Å². The molecule has 2 heteroatoms. The Balaban J connectivity index is 2.53. The zero-order valence-corrected chi connectivity index (χ0v) is 17.1. The third-order valence-electron chi connectivity index (χ3n) is 4.56. The molecule has 0 N–H and O–H groups in total. The molecule has 0 atom stereocenters. The van der Waals surface area contributed by atoms with Gasteiger partial charge in [0, 0.05) is 6.54 Å². The van der Waals surface area contributed by atoms with E-state index >= 15 is 0 Å². The second-order valence-corrected chi connectivity index (χ2v) is 8.78. The van der Waals surface area contributed by atoms with E-state index in [1.54, 1.807) is 0 Å². The van der Waals surface area contributed by atoms with Gasteiger partial charge in [0.25, 0.3) is 0 Å². The van der Waals surface area contributed by atoms with Crippen LogP contribution in [0.1, 0.15) is 73.3 Å². The van der Waals surface area contributed by atoms with Gasteiger partial charge in [0.15, 0.2) is 0 Å². The van der Waals surface area contributed by atoms with Crippen molar-refractivity contribution < 1.29 is 4.74 Å². The molecular formula is C22H39NO. The highest BCUT2D eigenvalue weighted by molar-refractivity contribution is 5.31. The van der Waals surface area contributed by atoms with E-state index < -0.39 is 0 Å².